The Hall–Kier alpha value is -2.46. The lowest BCUT2D eigenvalue weighted by molar-refractivity contribution is 0.178. The van der Waals surface area contributed by atoms with E-state index in [9.17, 15) is 5.26 Å². The molecule has 1 saturated heterocycles. The summed E-state index contributed by atoms with van der Waals surface area (Å²) in [5, 5.41) is 17.1. The first-order valence-electron chi connectivity index (χ1n) is 9.14. The molecule has 0 bridgehead atoms. The largest absolute Gasteiger partial charge is 0.377 e. The molecule has 0 spiro atoms. The SMILES string of the molecule is COCc1nc([C@H]2CN(c3nc(C)cc(C)c3C#N)C[C@@H]2C2CC2)n[nH]1. The Labute approximate surface area is 153 Å². The van der Waals surface area contributed by atoms with Crippen molar-refractivity contribution in [3.05, 3.63) is 34.5 Å². The quantitative estimate of drug-likeness (QED) is 0.889. The van der Waals surface area contributed by atoms with Gasteiger partial charge in [0.05, 0.1) is 5.56 Å². The Morgan fingerprint density at radius 3 is 2.81 bits per heavy atom. The van der Waals surface area contributed by atoms with E-state index >= 15 is 0 Å². The zero-order valence-electron chi connectivity index (χ0n) is 15.5. The van der Waals surface area contributed by atoms with Gasteiger partial charge in [-0.2, -0.15) is 10.4 Å². The molecule has 2 fully saturated rings. The topological polar surface area (TPSA) is 90.7 Å². The highest BCUT2D eigenvalue weighted by molar-refractivity contribution is 5.59. The molecule has 1 saturated carbocycles. The van der Waals surface area contributed by atoms with Gasteiger partial charge in [0.1, 0.15) is 18.5 Å². The van der Waals surface area contributed by atoms with Crippen molar-refractivity contribution < 1.29 is 4.74 Å². The molecule has 1 aliphatic heterocycles. The van der Waals surface area contributed by atoms with Gasteiger partial charge in [-0.05, 0) is 50.2 Å². The number of aromatic nitrogens is 4. The molecule has 3 heterocycles. The molecule has 7 nitrogen and oxygen atoms in total. The van der Waals surface area contributed by atoms with E-state index in [2.05, 4.69) is 26.2 Å². The zero-order chi connectivity index (χ0) is 18.3. The van der Waals surface area contributed by atoms with Crippen LogP contribution in [0.15, 0.2) is 6.07 Å². The van der Waals surface area contributed by atoms with E-state index in [1.165, 1.54) is 12.8 Å². The number of ether oxygens (including phenoxy) is 1. The number of aryl methyl sites for hydroxylation is 2. The van der Waals surface area contributed by atoms with Crippen LogP contribution in [0.25, 0.3) is 0 Å². The molecule has 2 aliphatic rings. The van der Waals surface area contributed by atoms with E-state index in [0.29, 0.717) is 18.1 Å². The standard InChI is InChI=1S/C19H24N6O/c1-11-6-12(2)21-19(14(11)7-20)25-8-15(13-4-5-13)16(9-25)18-22-17(10-26-3)23-24-18/h6,13,15-16H,4-5,8-10H2,1-3H3,(H,22,23,24)/t15-,16+/m1/s1. The summed E-state index contributed by atoms with van der Waals surface area (Å²) in [6, 6.07) is 4.32. The molecule has 0 aromatic carbocycles. The maximum absolute atomic E-state index is 9.62. The summed E-state index contributed by atoms with van der Waals surface area (Å²) >= 11 is 0. The molecule has 7 heteroatoms. The third kappa shape index (κ3) is 3.06. The summed E-state index contributed by atoms with van der Waals surface area (Å²) in [5.74, 6) is 3.93. The van der Waals surface area contributed by atoms with Crippen LogP contribution >= 0.6 is 0 Å². The van der Waals surface area contributed by atoms with E-state index in [4.69, 9.17) is 9.72 Å². The number of aromatic amines is 1. The summed E-state index contributed by atoms with van der Waals surface area (Å²) in [6.45, 7) is 6.11. The van der Waals surface area contributed by atoms with E-state index in [1.807, 2.05) is 19.9 Å². The van der Waals surface area contributed by atoms with Gasteiger partial charge in [0, 0.05) is 31.8 Å². The fourth-order valence-electron chi connectivity index (χ4n) is 4.14. The lowest BCUT2D eigenvalue weighted by atomic mass is 9.91. The Morgan fingerprint density at radius 1 is 1.31 bits per heavy atom. The molecule has 1 aliphatic carbocycles. The Balaban J connectivity index is 1.65. The first-order chi connectivity index (χ1) is 12.6. The maximum atomic E-state index is 9.62. The van der Waals surface area contributed by atoms with Crippen molar-refractivity contribution in [1.29, 1.82) is 5.26 Å². The van der Waals surface area contributed by atoms with Crippen LogP contribution in [0.5, 0.6) is 0 Å². The lowest BCUT2D eigenvalue weighted by Crippen LogP contribution is -2.23. The molecule has 0 amide bonds. The molecular weight excluding hydrogens is 328 g/mol. The molecule has 0 unspecified atom stereocenters. The van der Waals surface area contributed by atoms with Crippen LogP contribution in [0.1, 0.15) is 47.2 Å². The van der Waals surface area contributed by atoms with Crippen molar-refractivity contribution in [2.24, 2.45) is 11.8 Å². The summed E-state index contributed by atoms with van der Waals surface area (Å²) in [5.41, 5.74) is 2.62. The van der Waals surface area contributed by atoms with Gasteiger partial charge in [-0.1, -0.05) is 0 Å². The second kappa shape index (κ2) is 6.69. The second-order valence-electron chi connectivity index (χ2n) is 7.48. The summed E-state index contributed by atoms with van der Waals surface area (Å²) < 4.78 is 5.15. The van der Waals surface area contributed by atoms with Crippen molar-refractivity contribution >= 4 is 5.82 Å². The highest BCUT2D eigenvalue weighted by atomic mass is 16.5. The van der Waals surface area contributed by atoms with Gasteiger partial charge in [-0.25, -0.2) is 9.97 Å². The van der Waals surface area contributed by atoms with Gasteiger partial charge in [0.25, 0.3) is 0 Å². The molecule has 2 aromatic heterocycles. The first kappa shape index (κ1) is 17.0. The Morgan fingerprint density at radius 2 is 2.12 bits per heavy atom. The fourth-order valence-corrected chi connectivity index (χ4v) is 4.14. The highest BCUT2D eigenvalue weighted by Gasteiger charge is 2.45. The Kier molecular flexibility index (Phi) is 4.37. The van der Waals surface area contributed by atoms with E-state index in [-0.39, 0.29) is 5.92 Å². The number of nitrogens with zero attached hydrogens (tertiary/aromatic N) is 5. The minimum absolute atomic E-state index is 0.263. The number of anilines is 1. The molecule has 136 valence electrons. The molecular formula is C19H24N6O. The summed E-state index contributed by atoms with van der Waals surface area (Å²) in [6.07, 6.45) is 2.55. The molecule has 4 rings (SSSR count). The minimum atomic E-state index is 0.263. The number of methoxy groups -OCH3 is 1. The van der Waals surface area contributed by atoms with Gasteiger partial charge in [-0.15, -0.1) is 0 Å². The highest BCUT2D eigenvalue weighted by Crippen LogP contribution is 2.48. The molecule has 2 atom stereocenters. The summed E-state index contributed by atoms with van der Waals surface area (Å²) in [4.78, 5) is 11.6. The maximum Gasteiger partial charge on any atom is 0.156 e. The van der Waals surface area contributed by atoms with Crippen LogP contribution in [-0.2, 0) is 11.3 Å². The number of rotatable bonds is 5. The smallest absolute Gasteiger partial charge is 0.156 e. The van der Waals surface area contributed by atoms with Crippen molar-refractivity contribution in [2.45, 2.75) is 39.2 Å². The van der Waals surface area contributed by atoms with E-state index in [0.717, 1.165) is 47.7 Å². The van der Waals surface area contributed by atoms with Crippen molar-refractivity contribution in [2.75, 3.05) is 25.1 Å². The number of nitrogens with one attached hydrogen (secondary N) is 1. The van der Waals surface area contributed by atoms with Crippen LogP contribution in [0.3, 0.4) is 0 Å². The molecule has 0 radical (unpaired) electrons. The van der Waals surface area contributed by atoms with Crippen LogP contribution in [-0.4, -0.2) is 40.4 Å². The number of hydrogen-bond acceptors (Lipinski definition) is 6. The van der Waals surface area contributed by atoms with Crippen molar-refractivity contribution in [1.82, 2.24) is 20.2 Å². The van der Waals surface area contributed by atoms with Crippen LogP contribution in [0.2, 0.25) is 0 Å². The summed E-state index contributed by atoms with van der Waals surface area (Å²) in [7, 11) is 1.65. The monoisotopic (exact) mass is 352 g/mol. The molecule has 2 aromatic rings. The van der Waals surface area contributed by atoms with Crippen molar-refractivity contribution in [3.63, 3.8) is 0 Å². The predicted octanol–water partition coefficient (Wildman–Crippen LogP) is 2.46. The molecule has 26 heavy (non-hydrogen) atoms. The molecule has 1 N–H and O–H groups in total. The third-order valence-electron chi connectivity index (χ3n) is 5.49. The number of H-pyrrole nitrogens is 1. The van der Waals surface area contributed by atoms with E-state index in [1.54, 1.807) is 7.11 Å². The van der Waals surface area contributed by atoms with Gasteiger partial charge in [0.2, 0.25) is 0 Å². The van der Waals surface area contributed by atoms with Crippen LogP contribution < -0.4 is 4.90 Å². The third-order valence-corrected chi connectivity index (χ3v) is 5.49. The van der Waals surface area contributed by atoms with Crippen LogP contribution in [0.4, 0.5) is 5.82 Å². The average molecular weight is 352 g/mol. The van der Waals surface area contributed by atoms with Gasteiger partial charge in [-0.3, -0.25) is 5.10 Å². The second-order valence-corrected chi connectivity index (χ2v) is 7.48. The first-order valence-corrected chi connectivity index (χ1v) is 9.14. The fraction of sp³-hybridized carbons (Fsp3) is 0.579. The predicted molar refractivity (Wildman–Crippen MR) is 96.7 cm³/mol. The van der Waals surface area contributed by atoms with E-state index < -0.39 is 0 Å². The number of nitriles is 1. The number of hydrogen-bond donors (Lipinski definition) is 1. The van der Waals surface area contributed by atoms with Crippen LogP contribution in [0, 0.1) is 37.0 Å². The van der Waals surface area contributed by atoms with Crippen molar-refractivity contribution in [3.8, 4) is 6.07 Å². The van der Waals surface area contributed by atoms with Gasteiger partial charge >= 0.3 is 0 Å². The zero-order valence-corrected chi connectivity index (χ0v) is 15.5. The lowest BCUT2D eigenvalue weighted by Gasteiger charge is -2.20. The van der Waals surface area contributed by atoms with Gasteiger partial charge < -0.3 is 9.64 Å². The van der Waals surface area contributed by atoms with Gasteiger partial charge in [0.15, 0.2) is 11.6 Å². The Bertz CT molecular complexity index is 850. The minimum Gasteiger partial charge on any atom is -0.377 e. The normalized spacial score (nSPS) is 22.6. The number of pyridine rings is 1. The average Bonchev–Trinajstić information content (AvgIpc) is 3.18.